The molecule has 3 heterocycles. The van der Waals surface area contributed by atoms with Crippen molar-refractivity contribution >= 4 is 29.5 Å². The second kappa shape index (κ2) is 14.6. The van der Waals surface area contributed by atoms with Crippen molar-refractivity contribution in [2.45, 2.75) is 57.7 Å². The van der Waals surface area contributed by atoms with Gasteiger partial charge in [-0.25, -0.2) is 0 Å². The maximum Gasteiger partial charge on any atom is 0.258 e. The molecule has 3 aliphatic heterocycles. The second-order valence-corrected chi connectivity index (χ2v) is 10.6. The molecule has 0 unspecified atom stereocenters. The number of rotatable bonds is 7. The number of carbonyl (C=O) groups is 5. The third kappa shape index (κ3) is 8.41. The first kappa shape index (κ1) is 30.9. The Bertz CT molecular complexity index is 1060. The summed E-state index contributed by atoms with van der Waals surface area (Å²) >= 11 is 0. The summed E-state index contributed by atoms with van der Waals surface area (Å²) in [6, 6.07) is 4.47. The van der Waals surface area contributed by atoms with Gasteiger partial charge in [-0.05, 0) is 42.9 Å². The number of nitrogens with one attached hydrogen (secondary N) is 3. The number of nitrogens with zero attached hydrogens (tertiary/aromatic N) is 2. The molecule has 0 aromatic heterocycles. The van der Waals surface area contributed by atoms with Gasteiger partial charge in [-0.1, -0.05) is 26.0 Å². The molecule has 3 aliphatic rings. The van der Waals surface area contributed by atoms with Gasteiger partial charge in [0.25, 0.3) is 5.91 Å². The van der Waals surface area contributed by atoms with Gasteiger partial charge < -0.3 is 35.2 Å². The van der Waals surface area contributed by atoms with Crippen LogP contribution in [0.15, 0.2) is 24.3 Å². The van der Waals surface area contributed by atoms with Crippen LogP contribution in [0.25, 0.3) is 0 Å². The molecule has 40 heavy (non-hydrogen) atoms. The van der Waals surface area contributed by atoms with Crippen molar-refractivity contribution in [1.29, 1.82) is 0 Å². The van der Waals surface area contributed by atoms with E-state index in [0.29, 0.717) is 31.6 Å². The highest BCUT2D eigenvalue weighted by atomic mass is 16.5. The monoisotopic (exact) mass is 559 g/mol. The number of hydrogen-bond donors (Lipinski definition) is 3. The molecule has 0 saturated carbocycles. The SMILES string of the molecule is CNC(=O)[C@@H]1CCCN1C(=O)[C@H]1Cc2ccc(cc2)OCC(=O)N[C@@H](CC(C)C)C(=O)N(CCOC)CC(=O)N1. The fraction of sp³-hybridized carbons (Fsp3) is 0.607. The van der Waals surface area contributed by atoms with Gasteiger partial charge in [-0.15, -0.1) is 0 Å². The van der Waals surface area contributed by atoms with Crippen LogP contribution >= 0.6 is 0 Å². The normalized spacial score (nSPS) is 22.6. The minimum absolute atomic E-state index is 0.0853. The van der Waals surface area contributed by atoms with Gasteiger partial charge in [0.15, 0.2) is 6.61 Å². The number of fused-ring (bicyclic) bond motifs is 13. The third-order valence-electron chi connectivity index (χ3n) is 7.00. The topological polar surface area (TPSA) is 146 Å². The summed E-state index contributed by atoms with van der Waals surface area (Å²) in [5.74, 6) is -1.48. The Morgan fingerprint density at radius 2 is 1.85 bits per heavy atom. The summed E-state index contributed by atoms with van der Waals surface area (Å²) in [6.07, 6.45) is 1.75. The van der Waals surface area contributed by atoms with E-state index in [1.807, 2.05) is 13.8 Å². The lowest BCUT2D eigenvalue weighted by Gasteiger charge is -2.31. The number of benzene rings is 1. The summed E-state index contributed by atoms with van der Waals surface area (Å²) in [5, 5.41) is 8.18. The summed E-state index contributed by atoms with van der Waals surface area (Å²) in [4.78, 5) is 68.5. The van der Waals surface area contributed by atoms with Crippen molar-refractivity contribution in [3.63, 3.8) is 0 Å². The maximum absolute atomic E-state index is 13.7. The van der Waals surface area contributed by atoms with Crippen LogP contribution in [0.2, 0.25) is 0 Å². The molecule has 3 N–H and O–H groups in total. The van der Waals surface area contributed by atoms with Gasteiger partial charge >= 0.3 is 0 Å². The highest BCUT2D eigenvalue weighted by Crippen LogP contribution is 2.21. The van der Waals surface area contributed by atoms with Crippen molar-refractivity contribution < 1.29 is 33.4 Å². The zero-order valence-corrected chi connectivity index (χ0v) is 23.7. The van der Waals surface area contributed by atoms with Crippen molar-refractivity contribution in [3.8, 4) is 5.75 Å². The van der Waals surface area contributed by atoms with Gasteiger partial charge in [0.2, 0.25) is 23.6 Å². The molecular weight excluding hydrogens is 518 g/mol. The van der Waals surface area contributed by atoms with E-state index in [1.165, 1.54) is 24.0 Å². The first-order valence-electron chi connectivity index (χ1n) is 13.7. The number of likely N-dealkylation sites (N-methyl/N-ethyl adjacent to an activating group) is 1. The number of methoxy groups -OCH3 is 1. The molecule has 0 radical (unpaired) electrons. The van der Waals surface area contributed by atoms with Crippen molar-refractivity contribution in [3.05, 3.63) is 29.8 Å². The smallest absolute Gasteiger partial charge is 0.258 e. The van der Waals surface area contributed by atoms with Crippen LogP contribution in [0, 0.1) is 5.92 Å². The molecule has 5 amide bonds. The number of ether oxygens (including phenoxy) is 2. The average Bonchev–Trinajstić information content (AvgIpc) is 3.42. The molecule has 12 heteroatoms. The Hall–Kier alpha value is -3.67. The first-order chi connectivity index (χ1) is 19.1. The third-order valence-corrected chi connectivity index (χ3v) is 7.00. The zero-order valence-electron chi connectivity index (χ0n) is 23.7. The largest absolute Gasteiger partial charge is 0.484 e. The van der Waals surface area contributed by atoms with Gasteiger partial charge in [0.1, 0.15) is 23.9 Å². The van der Waals surface area contributed by atoms with E-state index in [0.717, 1.165) is 5.56 Å². The highest BCUT2D eigenvalue weighted by molar-refractivity contribution is 5.94. The van der Waals surface area contributed by atoms with E-state index in [2.05, 4.69) is 16.0 Å². The molecule has 3 atom stereocenters. The molecule has 12 nitrogen and oxygen atoms in total. The molecular formula is C28H41N5O7. The quantitative estimate of drug-likeness (QED) is 0.394. The number of carbonyl (C=O) groups excluding carboxylic acids is 5. The van der Waals surface area contributed by atoms with E-state index in [-0.39, 0.29) is 50.5 Å². The zero-order chi connectivity index (χ0) is 29.2. The summed E-state index contributed by atoms with van der Waals surface area (Å²) in [7, 11) is 3.02. The van der Waals surface area contributed by atoms with Crippen LogP contribution in [0.1, 0.15) is 38.7 Å². The van der Waals surface area contributed by atoms with E-state index in [9.17, 15) is 24.0 Å². The Kier molecular flexibility index (Phi) is 11.3. The lowest BCUT2D eigenvalue weighted by atomic mass is 10.0. The first-order valence-corrected chi connectivity index (χ1v) is 13.7. The number of amides is 5. The van der Waals surface area contributed by atoms with Gasteiger partial charge in [-0.2, -0.15) is 0 Å². The molecule has 0 aliphatic carbocycles. The molecule has 2 bridgehead atoms. The van der Waals surface area contributed by atoms with Gasteiger partial charge in [-0.3, -0.25) is 24.0 Å². The van der Waals surface area contributed by atoms with Crippen LogP contribution < -0.4 is 20.7 Å². The standard InChI is InChI=1S/C28H41N5O7/c1-18(2)14-21-27(37)32(12-13-39-4)16-24(34)30-22(28(38)33-11-5-6-23(33)26(36)29-3)15-19-7-9-20(10-8-19)40-17-25(35)31-21/h7-10,18,21-23H,5-6,11-17H2,1-4H3,(H,29,36)(H,30,34)(H,31,35)/t21-,22+,23-/m0/s1. The van der Waals surface area contributed by atoms with Crippen molar-refractivity contribution in [2.24, 2.45) is 5.92 Å². The predicted octanol–water partition coefficient (Wildman–Crippen LogP) is -0.151. The van der Waals surface area contributed by atoms with E-state index in [1.54, 1.807) is 24.3 Å². The Morgan fingerprint density at radius 3 is 2.50 bits per heavy atom. The Morgan fingerprint density at radius 1 is 1.12 bits per heavy atom. The van der Waals surface area contributed by atoms with Crippen LogP contribution in [-0.2, 0) is 35.1 Å². The summed E-state index contributed by atoms with van der Waals surface area (Å²) in [6.45, 7) is 3.97. The molecule has 1 fully saturated rings. The number of hydrogen-bond acceptors (Lipinski definition) is 7. The van der Waals surface area contributed by atoms with Crippen LogP contribution in [0.5, 0.6) is 5.75 Å². The maximum atomic E-state index is 13.7. The van der Waals surface area contributed by atoms with Crippen LogP contribution in [0.3, 0.4) is 0 Å². The van der Waals surface area contributed by atoms with Crippen LogP contribution in [-0.4, -0.2) is 104 Å². The van der Waals surface area contributed by atoms with Crippen LogP contribution in [0.4, 0.5) is 0 Å². The lowest BCUT2D eigenvalue weighted by Crippen LogP contribution is -2.57. The van der Waals surface area contributed by atoms with E-state index in [4.69, 9.17) is 9.47 Å². The highest BCUT2D eigenvalue weighted by Gasteiger charge is 2.38. The second-order valence-electron chi connectivity index (χ2n) is 10.6. The Balaban J connectivity index is 1.93. The minimum Gasteiger partial charge on any atom is -0.484 e. The minimum atomic E-state index is -0.956. The lowest BCUT2D eigenvalue weighted by molar-refractivity contribution is -0.143. The molecule has 4 rings (SSSR count). The molecule has 220 valence electrons. The van der Waals surface area contributed by atoms with Gasteiger partial charge in [0, 0.05) is 33.7 Å². The van der Waals surface area contributed by atoms with Crippen molar-refractivity contribution in [2.75, 3.05) is 47.0 Å². The molecule has 1 saturated heterocycles. The molecule has 1 aromatic carbocycles. The molecule has 0 spiro atoms. The number of likely N-dealkylation sites (tertiary alicyclic amines) is 1. The average molecular weight is 560 g/mol. The summed E-state index contributed by atoms with van der Waals surface area (Å²) < 4.78 is 10.8. The fourth-order valence-corrected chi connectivity index (χ4v) is 5.01. The molecule has 1 aromatic rings. The van der Waals surface area contributed by atoms with E-state index >= 15 is 0 Å². The fourth-order valence-electron chi connectivity index (χ4n) is 5.01. The summed E-state index contributed by atoms with van der Waals surface area (Å²) in [5.41, 5.74) is 0.752. The van der Waals surface area contributed by atoms with E-state index < -0.39 is 35.8 Å². The van der Waals surface area contributed by atoms with Crippen molar-refractivity contribution in [1.82, 2.24) is 25.8 Å². The Labute approximate surface area is 235 Å². The van der Waals surface area contributed by atoms with Gasteiger partial charge in [0.05, 0.1) is 13.2 Å². The predicted molar refractivity (Wildman–Crippen MR) is 146 cm³/mol.